The molecule has 0 bridgehead atoms. The van der Waals surface area contributed by atoms with Crippen LogP contribution in [0, 0.1) is 6.92 Å². The van der Waals surface area contributed by atoms with Crippen LogP contribution in [-0.4, -0.2) is 30.2 Å². The predicted molar refractivity (Wildman–Crippen MR) is 94.9 cm³/mol. The fourth-order valence-electron chi connectivity index (χ4n) is 2.38. The van der Waals surface area contributed by atoms with Crippen LogP contribution in [0.2, 0.25) is 0 Å². The summed E-state index contributed by atoms with van der Waals surface area (Å²) in [6.07, 6.45) is 0. The number of amides is 1. The Hall–Kier alpha value is -3.02. The normalized spacial score (nSPS) is 10.2. The van der Waals surface area contributed by atoms with Gasteiger partial charge < -0.3 is 19.9 Å². The number of carboxylic acids is 1. The van der Waals surface area contributed by atoms with E-state index in [1.54, 1.807) is 37.3 Å². The van der Waals surface area contributed by atoms with Crippen LogP contribution in [0.5, 0.6) is 11.5 Å². The molecule has 0 aliphatic carbocycles. The third-order valence-electron chi connectivity index (χ3n) is 3.52. The minimum absolute atomic E-state index is 0.206. The molecule has 0 aliphatic rings. The van der Waals surface area contributed by atoms with Crippen molar-refractivity contribution in [2.75, 3.05) is 18.5 Å². The van der Waals surface area contributed by atoms with Gasteiger partial charge in [-0.2, -0.15) is 0 Å². The van der Waals surface area contributed by atoms with E-state index in [1.807, 2.05) is 13.8 Å². The largest absolute Gasteiger partial charge is 0.490 e. The van der Waals surface area contributed by atoms with Crippen LogP contribution in [0.1, 0.15) is 40.1 Å². The number of hydrogen-bond donors (Lipinski definition) is 2. The van der Waals surface area contributed by atoms with E-state index in [-0.39, 0.29) is 11.5 Å². The fraction of sp³-hybridized carbons (Fsp3) is 0.263. The predicted octanol–water partition coefficient (Wildman–Crippen LogP) is 3.74. The number of aryl methyl sites for hydroxylation is 1. The molecular weight excluding hydrogens is 322 g/mol. The number of carboxylic acid groups (broad SMARTS) is 1. The fourth-order valence-corrected chi connectivity index (χ4v) is 2.38. The van der Waals surface area contributed by atoms with E-state index in [9.17, 15) is 9.59 Å². The summed E-state index contributed by atoms with van der Waals surface area (Å²) >= 11 is 0. The molecule has 0 atom stereocenters. The number of benzene rings is 2. The number of ether oxygens (including phenoxy) is 2. The molecule has 132 valence electrons. The topological polar surface area (TPSA) is 84.9 Å². The van der Waals surface area contributed by atoms with Crippen molar-refractivity contribution in [3.05, 3.63) is 53.1 Å². The van der Waals surface area contributed by atoms with Gasteiger partial charge >= 0.3 is 5.97 Å². The Morgan fingerprint density at radius 2 is 1.68 bits per heavy atom. The van der Waals surface area contributed by atoms with E-state index in [0.717, 1.165) is 0 Å². The third kappa shape index (κ3) is 4.50. The lowest BCUT2D eigenvalue weighted by Crippen LogP contribution is -2.13. The number of carbonyl (C=O) groups excluding carboxylic acids is 1. The van der Waals surface area contributed by atoms with Gasteiger partial charge in [0.2, 0.25) is 0 Å². The van der Waals surface area contributed by atoms with Crippen LogP contribution in [-0.2, 0) is 0 Å². The number of hydrogen-bond acceptors (Lipinski definition) is 4. The first-order valence-electron chi connectivity index (χ1n) is 8.01. The molecule has 6 nitrogen and oxygen atoms in total. The molecular formula is C19H21NO5. The van der Waals surface area contributed by atoms with Gasteiger partial charge in [-0.3, -0.25) is 4.79 Å². The lowest BCUT2D eigenvalue weighted by Gasteiger charge is -2.13. The molecule has 0 heterocycles. The molecule has 25 heavy (non-hydrogen) atoms. The van der Waals surface area contributed by atoms with E-state index < -0.39 is 5.97 Å². The van der Waals surface area contributed by atoms with Gasteiger partial charge in [0, 0.05) is 11.3 Å². The second-order valence-corrected chi connectivity index (χ2v) is 5.32. The molecule has 6 heteroatoms. The zero-order valence-electron chi connectivity index (χ0n) is 14.5. The number of anilines is 1. The SMILES string of the molecule is CCOc1ccc(C(=O)Nc2ccc(C(=O)O)c(C)c2)cc1OCC. The van der Waals surface area contributed by atoms with Gasteiger partial charge in [0.1, 0.15) is 0 Å². The molecule has 2 aromatic rings. The zero-order valence-corrected chi connectivity index (χ0v) is 14.5. The minimum atomic E-state index is -0.997. The van der Waals surface area contributed by atoms with Crippen molar-refractivity contribution >= 4 is 17.6 Å². The summed E-state index contributed by atoms with van der Waals surface area (Å²) in [6, 6.07) is 9.63. The van der Waals surface area contributed by atoms with Gasteiger partial charge in [0.15, 0.2) is 11.5 Å². The maximum Gasteiger partial charge on any atom is 0.335 e. The van der Waals surface area contributed by atoms with E-state index >= 15 is 0 Å². The summed E-state index contributed by atoms with van der Waals surface area (Å²) in [5, 5.41) is 11.8. The maximum absolute atomic E-state index is 12.4. The standard InChI is InChI=1S/C19H21NO5/c1-4-24-16-9-6-13(11-17(16)25-5-2)18(21)20-14-7-8-15(19(22)23)12(3)10-14/h6-11H,4-5H2,1-3H3,(H,20,21)(H,22,23). The highest BCUT2D eigenvalue weighted by Crippen LogP contribution is 2.29. The van der Waals surface area contributed by atoms with Crippen LogP contribution in [0.3, 0.4) is 0 Å². The molecule has 0 fully saturated rings. The first-order chi connectivity index (χ1) is 12.0. The van der Waals surface area contributed by atoms with Crippen molar-refractivity contribution < 1.29 is 24.2 Å². The second kappa shape index (κ2) is 8.19. The molecule has 0 radical (unpaired) electrons. The Morgan fingerprint density at radius 1 is 1.00 bits per heavy atom. The van der Waals surface area contributed by atoms with Crippen molar-refractivity contribution in [1.82, 2.24) is 0 Å². The smallest absolute Gasteiger partial charge is 0.335 e. The highest BCUT2D eigenvalue weighted by Gasteiger charge is 2.13. The average Bonchev–Trinajstić information content (AvgIpc) is 2.56. The van der Waals surface area contributed by atoms with Crippen molar-refractivity contribution in [1.29, 1.82) is 0 Å². The van der Waals surface area contributed by atoms with Gasteiger partial charge in [-0.1, -0.05) is 0 Å². The first-order valence-corrected chi connectivity index (χ1v) is 8.01. The van der Waals surface area contributed by atoms with Gasteiger partial charge in [-0.25, -0.2) is 4.79 Å². The minimum Gasteiger partial charge on any atom is -0.490 e. The summed E-state index contributed by atoms with van der Waals surface area (Å²) < 4.78 is 11.0. The van der Waals surface area contributed by atoms with Gasteiger partial charge in [-0.15, -0.1) is 0 Å². The van der Waals surface area contributed by atoms with Crippen LogP contribution < -0.4 is 14.8 Å². The van der Waals surface area contributed by atoms with Crippen LogP contribution in [0.15, 0.2) is 36.4 Å². The molecule has 0 unspecified atom stereocenters. The summed E-state index contributed by atoms with van der Waals surface area (Å²) in [5.74, 6) is -0.216. The van der Waals surface area contributed by atoms with E-state index in [0.29, 0.717) is 41.5 Å². The van der Waals surface area contributed by atoms with Crippen LogP contribution >= 0.6 is 0 Å². The summed E-state index contributed by atoms with van der Waals surface area (Å²) in [7, 11) is 0. The average molecular weight is 343 g/mol. The molecule has 0 saturated heterocycles. The molecule has 1 amide bonds. The Balaban J connectivity index is 2.21. The molecule has 2 rings (SSSR count). The van der Waals surface area contributed by atoms with E-state index in [2.05, 4.69) is 5.32 Å². The second-order valence-electron chi connectivity index (χ2n) is 5.32. The molecule has 0 saturated carbocycles. The van der Waals surface area contributed by atoms with E-state index in [1.165, 1.54) is 6.07 Å². The number of aromatic carboxylic acids is 1. The van der Waals surface area contributed by atoms with Crippen molar-refractivity contribution in [3.63, 3.8) is 0 Å². The van der Waals surface area contributed by atoms with Gasteiger partial charge in [0.05, 0.1) is 18.8 Å². The molecule has 2 N–H and O–H groups in total. The molecule has 0 spiro atoms. The Labute approximate surface area is 146 Å². The molecule has 2 aromatic carbocycles. The van der Waals surface area contributed by atoms with Crippen molar-refractivity contribution in [2.45, 2.75) is 20.8 Å². The summed E-state index contributed by atoms with van der Waals surface area (Å²) in [5.41, 5.74) is 1.73. The summed E-state index contributed by atoms with van der Waals surface area (Å²) in [6.45, 7) is 6.37. The van der Waals surface area contributed by atoms with Crippen molar-refractivity contribution in [2.24, 2.45) is 0 Å². The van der Waals surface area contributed by atoms with Crippen LogP contribution in [0.25, 0.3) is 0 Å². The maximum atomic E-state index is 12.4. The lowest BCUT2D eigenvalue weighted by atomic mass is 10.1. The zero-order chi connectivity index (χ0) is 18.4. The number of carbonyl (C=O) groups is 2. The number of rotatable bonds is 7. The van der Waals surface area contributed by atoms with E-state index in [4.69, 9.17) is 14.6 Å². The van der Waals surface area contributed by atoms with Gasteiger partial charge in [-0.05, 0) is 62.7 Å². The molecule has 0 aromatic heterocycles. The summed E-state index contributed by atoms with van der Waals surface area (Å²) in [4.78, 5) is 23.5. The van der Waals surface area contributed by atoms with Gasteiger partial charge in [0.25, 0.3) is 5.91 Å². The first kappa shape index (κ1) is 18.3. The number of nitrogens with one attached hydrogen (secondary N) is 1. The molecule has 0 aliphatic heterocycles. The Bertz CT molecular complexity index is 785. The van der Waals surface area contributed by atoms with Crippen LogP contribution in [0.4, 0.5) is 5.69 Å². The Kier molecular flexibility index (Phi) is 6.00. The lowest BCUT2D eigenvalue weighted by molar-refractivity contribution is 0.0696. The quantitative estimate of drug-likeness (QED) is 0.800. The highest BCUT2D eigenvalue weighted by molar-refractivity contribution is 6.05. The van der Waals surface area contributed by atoms with Crippen molar-refractivity contribution in [3.8, 4) is 11.5 Å². The Morgan fingerprint density at radius 3 is 2.28 bits per heavy atom. The highest BCUT2D eigenvalue weighted by atomic mass is 16.5. The monoisotopic (exact) mass is 343 g/mol. The third-order valence-corrected chi connectivity index (χ3v) is 3.52.